The summed E-state index contributed by atoms with van der Waals surface area (Å²) >= 11 is 21.6. The lowest BCUT2D eigenvalue weighted by molar-refractivity contribution is 1.43. The van der Waals surface area contributed by atoms with Gasteiger partial charge in [-0.05, 0) is 41.0 Å². The van der Waals surface area contributed by atoms with E-state index < -0.39 is 0 Å². The molecule has 0 bridgehead atoms. The van der Waals surface area contributed by atoms with Crippen molar-refractivity contribution in [2.75, 3.05) is 0 Å². The molecule has 0 amide bonds. The summed E-state index contributed by atoms with van der Waals surface area (Å²) in [6.07, 6.45) is 0. The van der Waals surface area contributed by atoms with E-state index >= 15 is 0 Å². The molecule has 0 aliphatic rings. The third-order valence-electron chi connectivity index (χ3n) is 2.43. The van der Waals surface area contributed by atoms with Crippen LogP contribution in [0.3, 0.4) is 0 Å². The average Bonchev–Trinajstić information content (AvgIpc) is 2.27. The van der Waals surface area contributed by atoms with Crippen LogP contribution in [0.15, 0.2) is 36.4 Å². The number of alkyl halides is 1. The summed E-state index contributed by atoms with van der Waals surface area (Å²) in [6, 6.07) is 11.3. The molecule has 0 radical (unpaired) electrons. The van der Waals surface area contributed by atoms with Gasteiger partial charge in [0, 0.05) is 20.4 Å². The summed E-state index contributed by atoms with van der Waals surface area (Å²) in [6.45, 7) is 0. The molecule has 0 unspecified atom stereocenters. The van der Waals surface area contributed by atoms with Gasteiger partial charge in [-0.15, -0.1) is 0 Å². The van der Waals surface area contributed by atoms with Crippen LogP contribution in [-0.4, -0.2) is 0 Å². The highest BCUT2D eigenvalue weighted by Crippen LogP contribution is 2.33. The summed E-state index contributed by atoms with van der Waals surface area (Å²) in [5.74, 6) is 0. The molecule has 0 nitrogen and oxygen atoms in total. The van der Waals surface area contributed by atoms with Gasteiger partial charge in [-0.1, -0.05) is 62.9 Å². The molecule has 0 saturated carbocycles. The van der Waals surface area contributed by atoms with Crippen LogP contribution in [-0.2, 0) is 5.33 Å². The molecule has 0 atom stereocenters. The van der Waals surface area contributed by atoms with Crippen molar-refractivity contribution in [2.45, 2.75) is 5.33 Å². The number of hydrogen-bond donors (Lipinski definition) is 0. The van der Waals surface area contributed by atoms with Crippen molar-refractivity contribution in [1.82, 2.24) is 0 Å². The molecular formula is C13H8BrCl3. The Morgan fingerprint density at radius 2 is 1.59 bits per heavy atom. The van der Waals surface area contributed by atoms with Gasteiger partial charge in [0.05, 0.1) is 0 Å². The Hall–Kier alpha value is -0.210. The first-order valence-electron chi connectivity index (χ1n) is 4.91. The smallest absolute Gasteiger partial charge is 0.0452 e. The molecule has 0 aromatic heterocycles. The maximum atomic E-state index is 6.16. The van der Waals surface area contributed by atoms with Crippen LogP contribution >= 0.6 is 50.7 Å². The third-order valence-corrected chi connectivity index (χ3v) is 3.78. The lowest BCUT2D eigenvalue weighted by Gasteiger charge is -2.10. The molecule has 0 saturated heterocycles. The van der Waals surface area contributed by atoms with Crippen molar-refractivity contribution in [2.24, 2.45) is 0 Å². The predicted molar refractivity (Wildman–Crippen MR) is 79.5 cm³/mol. The first-order valence-corrected chi connectivity index (χ1v) is 7.17. The van der Waals surface area contributed by atoms with E-state index in [9.17, 15) is 0 Å². The molecule has 0 aliphatic carbocycles. The number of benzene rings is 2. The van der Waals surface area contributed by atoms with Gasteiger partial charge in [-0.25, -0.2) is 0 Å². The monoisotopic (exact) mass is 348 g/mol. The fraction of sp³-hybridized carbons (Fsp3) is 0.0769. The Bertz CT molecular complexity index is 532. The fourth-order valence-corrected chi connectivity index (χ4v) is 3.21. The van der Waals surface area contributed by atoms with Crippen molar-refractivity contribution >= 4 is 50.7 Å². The van der Waals surface area contributed by atoms with Crippen LogP contribution in [0.1, 0.15) is 5.56 Å². The SMILES string of the molecule is Clc1cc(Cl)cc(-c2cccc(Cl)c2CBr)c1. The minimum atomic E-state index is 0.619. The van der Waals surface area contributed by atoms with E-state index in [0.717, 1.165) is 21.7 Å². The molecule has 17 heavy (non-hydrogen) atoms. The van der Waals surface area contributed by atoms with E-state index in [4.69, 9.17) is 34.8 Å². The summed E-state index contributed by atoms with van der Waals surface area (Å²) < 4.78 is 0. The van der Waals surface area contributed by atoms with E-state index in [1.807, 2.05) is 30.3 Å². The minimum Gasteiger partial charge on any atom is -0.0875 e. The Balaban J connectivity index is 2.63. The van der Waals surface area contributed by atoms with Gasteiger partial charge in [-0.3, -0.25) is 0 Å². The quantitative estimate of drug-likeness (QED) is 0.565. The van der Waals surface area contributed by atoms with Gasteiger partial charge in [0.1, 0.15) is 0 Å². The largest absolute Gasteiger partial charge is 0.0875 e. The van der Waals surface area contributed by atoms with Gasteiger partial charge >= 0.3 is 0 Å². The summed E-state index contributed by atoms with van der Waals surface area (Å²) in [5.41, 5.74) is 3.05. The van der Waals surface area contributed by atoms with E-state index in [1.54, 1.807) is 6.07 Å². The maximum Gasteiger partial charge on any atom is 0.0452 e. The Labute approximate surface area is 124 Å². The number of hydrogen-bond acceptors (Lipinski definition) is 0. The van der Waals surface area contributed by atoms with Crippen molar-refractivity contribution in [3.63, 3.8) is 0 Å². The molecule has 2 rings (SSSR count). The molecule has 0 heterocycles. The van der Waals surface area contributed by atoms with Crippen LogP contribution in [0.2, 0.25) is 15.1 Å². The van der Waals surface area contributed by atoms with Gasteiger partial charge in [0.25, 0.3) is 0 Å². The second kappa shape index (κ2) is 5.62. The fourth-order valence-electron chi connectivity index (χ4n) is 1.67. The molecule has 0 N–H and O–H groups in total. The zero-order valence-electron chi connectivity index (χ0n) is 8.68. The second-order valence-corrected chi connectivity index (χ2v) is 5.40. The van der Waals surface area contributed by atoms with Crippen LogP contribution in [0.5, 0.6) is 0 Å². The summed E-state index contributed by atoms with van der Waals surface area (Å²) in [4.78, 5) is 0. The molecule has 2 aromatic carbocycles. The van der Waals surface area contributed by atoms with Crippen LogP contribution in [0.25, 0.3) is 11.1 Å². The predicted octanol–water partition coefficient (Wildman–Crippen LogP) is 6.21. The normalized spacial score (nSPS) is 10.6. The van der Waals surface area contributed by atoms with Crippen molar-refractivity contribution in [1.29, 1.82) is 0 Å². The lowest BCUT2D eigenvalue weighted by Crippen LogP contribution is -1.87. The van der Waals surface area contributed by atoms with Crippen LogP contribution in [0.4, 0.5) is 0 Å². The highest BCUT2D eigenvalue weighted by Gasteiger charge is 2.09. The lowest BCUT2D eigenvalue weighted by atomic mass is 10.0. The summed E-state index contributed by atoms with van der Waals surface area (Å²) in [5, 5.41) is 2.66. The standard InChI is InChI=1S/C13H8BrCl3/c14-7-12-11(2-1-3-13(12)17)8-4-9(15)6-10(16)5-8/h1-6H,7H2. The molecule has 2 aromatic rings. The first-order chi connectivity index (χ1) is 8.11. The van der Waals surface area contributed by atoms with Crippen molar-refractivity contribution in [3.05, 3.63) is 57.0 Å². The van der Waals surface area contributed by atoms with E-state index in [-0.39, 0.29) is 0 Å². The third kappa shape index (κ3) is 2.97. The molecule has 0 aliphatic heterocycles. The zero-order valence-corrected chi connectivity index (χ0v) is 12.5. The molecular weight excluding hydrogens is 342 g/mol. The maximum absolute atomic E-state index is 6.16. The van der Waals surface area contributed by atoms with E-state index in [0.29, 0.717) is 15.4 Å². The Kier molecular flexibility index (Phi) is 4.37. The zero-order chi connectivity index (χ0) is 12.4. The van der Waals surface area contributed by atoms with Crippen LogP contribution < -0.4 is 0 Å². The minimum absolute atomic E-state index is 0.619. The highest BCUT2D eigenvalue weighted by atomic mass is 79.9. The number of rotatable bonds is 2. The number of halogens is 4. The molecule has 0 spiro atoms. The Morgan fingerprint density at radius 3 is 2.18 bits per heavy atom. The van der Waals surface area contributed by atoms with Crippen LogP contribution in [0, 0.1) is 0 Å². The van der Waals surface area contributed by atoms with E-state index in [2.05, 4.69) is 15.9 Å². The molecule has 4 heteroatoms. The van der Waals surface area contributed by atoms with Crippen molar-refractivity contribution < 1.29 is 0 Å². The second-order valence-electron chi connectivity index (χ2n) is 3.56. The molecule has 0 fully saturated rings. The van der Waals surface area contributed by atoms with Gasteiger partial charge in [0.15, 0.2) is 0 Å². The highest BCUT2D eigenvalue weighted by molar-refractivity contribution is 9.08. The topological polar surface area (TPSA) is 0 Å². The molecule has 88 valence electrons. The van der Waals surface area contributed by atoms with Crippen molar-refractivity contribution in [3.8, 4) is 11.1 Å². The van der Waals surface area contributed by atoms with Gasteiger partial charge < -0.3 is 0 Å². The Morgan fingerprint density at radius 1 is 0.941 bits per heavy atom. The van der Waals surface area contributed by atoms with Gasteiger partial charge in [0.2, 0.25) is 0 Å². The van der Waals surface area contributed by atoms with E-state index in [1.165, 1.54) is 0 Å². The van der Waals surface area contributed by atoms with Gasteiger partial charge in [-0.2, -0.15) is 0 Å². The summed E-state index contributed by atoms with van der Waals surface area (Å²) in [7, 11) is 0. The first kappa shape index (κ1) is 13.2. The average molecular weight is 350 g/mol.